The fourth-order valence-electron chi connectivity index (χ4n) is 2.60. The summed E-state index contributed by atoms with van der Waals surface area (Å²) in [6.07, 6.45) is 3.89. The van der Waals surface area contributed by atoms with Crippen molar-refractivity contribution < 1.29 is 5.11 Å². The van der Waals surface area contributed by atoms with E-state index in [0.29, 0.717) is 6.04 Å². The van der Waals surface area contributed by atoms with Crippen molar-refractivity contribution in [2.45, 2.75) is 31.9 Å². The first kappa shape index (κ1) is 13.3. The summed E-state index contributed by atoms with van der Waals surface area (Å²) in [4.78, 5) is 9.00. The lowest BCUT2D eigenvalue weighted by Gasteiger charge is -2.28. The minimum atomic E-state index is -0.491. The van der Waals surface area contributed by atoms with Gasteiger partial charge in [0.15, 0.2) is 0 Å². The Morgan fingerprint density at radius 2 is 2.28 bits per heavy atom. The summed E-state index contributed by atoms with van der Waals surface area (Å²) in [6, 6.07) is 4.58. The zero-order valence-electron chi connectivity index (χ0n) is 11.5. The molecule has 100 valence electrons. The standard InChI is InChI=1S/C14H23N3O/c1-11(18)14-7-6-12(9-15-14)17-8-4-5-13(17)10-16(2)3/h6-7,9,11,13,18H,4-5,8,10H2,1-3H3. The van der Waals surface area contributed by atoms with E-state index in [0.717, 1.165) is 18.8 Å². The van der Waals surface area contributed by atoms with Gasteiger partial charge in [-0.15, -0.1) is 0 Å². The number of hydrogen-bond acceptors (Lipinski definition) is 4. The Morgan fingerprint density at radius 3 is 2.83 bits per heavy atom. The Labute approximate surface area is 109 Å². The Kier molecular flexibility index (Phi) is 4.19. The zero-order valence-corrected chi connectivity index (χ0v) is 11.5. The van der Waals surface area contributed by atoms with Crippen molar-refractivity contribution in [2.75, 3.05) is 32.1 Å². The molecule has 0 saturated carbocycles. The van der Waals surface area contributed by atoms with Gasteiger partial charge in [0.2, 0.25) is 0 Å². The predicted octanol–water partition coefficient (Wildman–Crippen LogP) is 1.67. The number of aliphatic hydroxyl groups excluding tert-OH is 1. The molecule has 2 unspecified atom stereocenters. The third-order valence-corrected chi connectivity index (χ3v) is 3.48. The first-order chi connectivity index (χ1) is 8.58. The average Bonchev–Trinajstić information content (AvgIpc) is 2.76. The van der Waals surface area contributed by atoms with E-state index in [4.69, 9.17) is 0 Å². The third-order valence-electron chi connectivity index (χ3n) is 3.48. The summed E-state index contributed by atoms with van der Waals surface area (Å²) in [6.45, 7) is 3.93. The topological polar surface area (TPSA) is 39.6 Å². The number of anilines is 1. The number of likely N-dealkylation sites (N-methyl/N-ethyl adjacent to an activating group) is 1. The monoisotopic (exact) mass is 249 g/mol. The van der Waals surface area contributed by atoms with Gasteiger partial charge in [-0.3, -0.25) is 4.98 Å². The van der Waals surface area contributed by atoms with E-state index in [9.17, 15) is 5.11 Å². The maximum absolute atomic E-state index is 9.47. The first-order valence-corrected chi connectivity index (χ1v) is 6.63. The molecule has 4 heteroatoms. The van der Waals surface area contributed by atoms with Crippen LogP contribution in [-0.4, -0.2) is 48.2 Å². The van der Waals surface area contributed by atoms with Gasteiger partial charge >= 0.3 is 0 Å². The van der Waals surface area contributed by atoms with Crippen LogP contribution in [0.3, 0.4) is 0 Å². The van der Waals surface area contributed by atoms with Crippen LogP contribution in [0.2, 0.25) is 0 Å². The van der Waals surface area contributed by atoms with Crippen molar-refractivity contribution in [3.05, 3.63) is 24.0 Å². The van der Waals surface area contributed by atoms with Crippen molar-refractivity contribution in [3.63, 3.8) is 0 Å². The van der Waals surface area contributed by atoms with Gasteiger partial charge in [0.1, 0.15) is 0 Å². The Bertz CT molecular complexity index is 375. The van der Waals surface area contributed by atoms with Crippen LogP contribution in [0.1, 0.15) is 31.6 Å². The number of aliphatic hydroxyl groups is 1. The SMILES string of the molecule is CC(O)c1ccc(N2CCCC2CN(C)C)cn1. The van der Waals surface area contributed by atoms with E-state index in [-0.39, 0.29) is 0 Å². The van der Waals surface area contributed by atoms with E-state index in [1.165, 1.54) is 18.5 Å². The summed E-state index contributed by atoms with van der Waals surface area (Å²) in [5.41, 5.74) is 1.91. The molecule has 2 atom stereocenters. The Morgan fingerprint density at radius 1 is 1.50 bits per heavy atom. The van der Waals surface area contributed by atoms with Gasteiger partial charge in [0.25, 0.3) is 0 Å². The smallest absolute Gasteiger partial charge is 0.0931 e. The van der Waals surface area contributed by atoms with Crippen LogP contribution in [0, 0.1) is 0 Å². The normalized spacial score (nSPS) is 21.6. The second-order valence-electron chi connectivity index (χ2n) is 5.37. The highest BCUT2D eigenvalue weighted by Crippen LogP contribution is 2.26. The second-order valence-corrected chi connectivity index (χ2v) is 5.37. The molecule has 1 aliphatic rings. The van der Waals surface area contributed by atoms with Crippen molar-refractivity contribution >= 4 is 5.69 Å². The molecular formula is C14H23N3O. The Hall–Kier alpha value is -1.13. The number of rotatable bonds is 4. The molecule has 2 heterocycles. The lowest BCUT2D eigenvalue weighted by atomic mass is 10.2. The van der Waals surface area contributed by atoms with Crippen LogP contribution in [-0.2, 0) is 0 Å². The van der Waals surface area contributed by atoms with Crippen LogP contribution < -0.4 is 4.90 Å². The molecule has 0 aliphatic carbocycles. The minimum absolute atomic E-state index is 0.491. The maximum atomic E-state index is 9.47. The predicted molar refractivity (Wildman–Crippen MR) is 73.8 cm³/mol. The number of aromatic nitrogens is 1. The van der Waals surface area contributed by atoms with Gasteiger partial charge < -0.3 is 14.9 Å². The number of pyridine rings is 1. The van der Waals surface area contributed by atoms with Crippen molar-refractivity contribution in [2.24, 2.45) is 0 Å². The van der Waals surface area contributed by atoms with Crippen molar-refractivity contribution in [1.29, 1.82) is 0 Å². The molecule has 1 fully saturated rings. The molecule has 2 rings (SSSR count). The van der Waals surface area contributed by atoms with Crippen LogP contribution in [0.4, 0.5) is 5.69 Å². The summed E-state index contributed by atoms with van der Waals surface area (Å²) in [5.74, 6) is 0. The molecule has 0 spiro atoms. The summed E-state index contributed by atoms with van der Waals surface area (Å²) >= 11 is 0. The highest BCUT2D eigenvalue weighted by Gasteiger charge is 2.25. The van der Waals surface area contributed by atoms with Gasteiger partial charge in [-0.1, -0.05) is 0 Å². The largest absolute Gasteiger partial charge is 0.387 e. The second kappa shape index (κ2) is 5.67. The molecule has 1 saturated heterocycles. The van der Waals surface area contributed by atoms with Crippen molar-refractivity contribution in [3.8, 4) is 0 Å². The molecule has 4 nitrogen and oxygen atoms in total. The number of nitrogens with zero attached hydrogens (tertiary/aromatic N) is 3. The fraction of sp³-hybridized carbons (Fsp3) is 0.643. The van der Waals surface area contributed by atoms with Gasteiger partial charge in [0.05, 0.1) is 23.7 Å². The fourth-order valence-corrected chi connectivity index (χ4v) is 2.60. The maximum Gasteiger partial charge on any atom is 0.0931 e. The zero-order chi connectivity index (χ0) is 13.1. The van der Waals surface area contributed by atoms with E-state index in [1.54, 1.807) is 6.92 Å². The molecule has 0 aromatic carbocycles. The van der Waals surface area contributed by atoms with Crippen molar-refractivity contribution in [1.82, 2.24) is 9.88 Å². The minimum Gasteiger partial charge on any atom is -0.387 e. The summed E-state index contributed by atoms with van der Waals surface area (Å²) < 4.78 is 0. The molecule has 0 amide bonds. The molecule has 18 heavy (non-hydrogen) atoms. The lowest BCUT2D eigenvalue weighted by molar-refractivity contribution is 0.194. The number of hydrogen-bond donors (Lipinski definition) is 1. The lowest BCUT2D eigenvalue weighted by Crippen LogP contribution is -2.37. The molecule has 0 bridgehead atoms. The molecule has 1 aliphatic heterocycles. The third kappa shape index (κ3) is 3.00. The average molecular weight is 249 g/mol. The first-order valence-electron chi connectivity index (χ1n) is 6.63. The molecule has 1 N–H and O–H groups in total. The van der Waals surface area contributed by atoms with E-state index in [1.807, 2.05) is 12.3 Å². The quantitative estimate of drug-likeness (QED) is 0.881. The van der Waals surface area contributed by atoms with Gasteiger partial charge in [-0.2, -0.15) is 0 Å². The highest BCUT2D eigenvalue weighted by molar-refractivity contribution is 5.47. The molecular weight excluding hydrogens is 226 g/mol. The molecule has 1 aromatic rings. The summed E-state index contributed by atoms with van der Waals surface area (Å²) in [5, 5.41) is 9.47. The van der Waals surface area contributed by atoms with Crippen LogP contribution in [0.5, 0.6) is 0 Å². The van der Waals surface area contributed by atoms with Crippen LogP contribution >= 0.6 is 0 Å². The highest BCUT2D eigenvalue weighted by atomic mass is 16.3. The van der Waals surface area contributed by atoms with E-state index < -0.39 is 6.10 Å². The van der Waals surface area contributed by atoms with E-state index >= 15 is 0 Å². The van der Waals surface area contributed by atoms with E-state index in [2.05, 4.69) is 34.9 Å². The molecule has 0 radical (unpaired) electrons. The van der Waals surface area contributed by atoms with Crippen LogP contribution in [0.15, 0.2) is 18.3 Å². The Balaban J connectivity index is 2.10. The van der Waals surface area contributed by atoms with Gasteiger partial charge in [-0.05, 0) is 46.0 Å². The van der Waals surface area contributed by atoms with Gasteiger partial charge in [0, 0.05) is 19.1 Å². The molecule has 1 aromatic heterocycles. The van der Waals surface area contributed by atoms with Gasteiger partial charge in [-0.25, -0.2) is 0 Å². The van der Waals surface area contributed by atoms with Crippen LogP contribution in [0.25, 0.3) is 0 Å². The summed E-state index contributed by atoms with van der Waals surface area (Å²) in [7, 11) is 4.23.